The summed E-state index contributed by atoms with van der Waals surface area (Å²) in [4.78, 5) is 16.0. The predicted octanol–water partition coefficient (Wildman–Crippen LogP) is 5.26. The van der Waals surface area contributed by atoms with E-state index >= 15 is 0 Å². The molecule has 4 aromatic rings. The molecular weight excluding hydrogens is 378 g/mol. The average molecular weight is 393 g/mol. The summed E-state index contributed by atoms with van der Waals surface area (Å²) in [6, 6.07) is 16.1. The van der Waals surface area contributed by atoms with Gasteiger partial charge in [-0.3, -0.25) is 10.1 Å². The summed E-state index contributed by atoms with van der Waals surface area (Å²) in [6.45, 7) is 2.04. The van der Waals surface area contributed by atoms with E-state index in [-0.39, 0.29) is 12.3 Å². The minimum Gasteiger partial charge on any atom is -0.483 e. The molecule has 0 aliphatic rings. The number of hydrogen-bond donors (Lipinski definition) is 0. The number of nitro groups is 1. The quantitative estimate of drug-likeness (QED) is 0.328. The van der Waals surface area contributed by atoms with Crippen molar-refractivity contribution in [3.05, 3.63) is 81.5 Å². The third-order valence-corrected chi connectivity index (χ3v) is 5.07. The first-order valence-corrected chi connectivity index (χ1v) is 9.33. The van der Waals surface area contributed by atoms with Crippen LogP contribution < -0.4 is 4.74 Å². The first-order valence-electron chi connectivity index (χ1n) is 8.45. The van der Waals surface area contributed by atoms with Gasteiger partial charge in [0, 0.05) is 28.1 Å². The molecule has 0 saturated carbocycles. The van der Waals surface area contributed by atoms with Crippen LogP contribution in [0.3, 0.4) is 0 Å². The van der Waals surface area contributed by atoms with Gasteiger partial charge in [0.1, 0.15) is 5.75 Å². The zero-order chi connectivity index (χ0) is 19.5. The van der Waals surface area contributed by atoms with Gasteiger partial charge >= 0.3 is 0 Å². The van der Waals surface area contributed by atoms with Gasteiger partial charge in [-0.2, -0.15) is 4.98 Å². The van der Waals surface area contributed by atoms with Crippen LogP contribution in [0.15, 0.2) is 64.5 Å². The van der Waals surface area contributed by atoms with E-state index < -0.39 is 4.92 Å². The zero-order valence-corrected chi connectivity index (χ0v) is 15.7. The Bertz CT molecular complexity index is 1120. The first-order chi connectivity index (χ1) is 13.6. The van der Waals surface area contributed by atoms with Crippen molar-refractivity contribution in [2.45, 2.75) is 13.5 Å². The van der Waals surface area contributed by atoms with Crippen molar-refractivity contribution in [1.82, 2.24) is 10.1 Å². The number of hydrogen-bond acceptors (Lipinski definition) is 7. The Labute approximate surface area is 164 Å². The maximum absolute atomic E-state index is 11.1. The van der Waals surface area contributed by atoms with Gasteiger partial charge in [0.2, 0.25) is 5.82 Å². The highest BCUT2D eigenvalue weighted by atomic mass is 32.1. The van der Waals surface area contributed by atoms with Crippen molar-refractivity contribution in [2.75, 3.05) is 0 Å². The van der Waals surface area contributed by atoms with Crippen LogP contribution in [0.2, 0.25) is 0 Å². The van der Waals surface area contributed by atoms with E-state index in [9.17, 15) is 10.1 Å². The minimum atomic E-state index is -0.423. The maximum Gasteiger partial charge on any atom is 0.270 e. The van der Waals surface area contributed by atoms with Crippen molar-refractivity contribution >= 4 is 17.0 Å². The Balaban J connectivity index is 1.57. The first kappa shape index (κ1) is 17.9. The summed E-state index contributed by atoms with van der Waals surface area (Å²) < 4.78 is 11.1. The standard InChI is InChI=1S/C20H15N3O4S/c1-13-5-2-3-6-15(13)20-21-19(27-22-20)12-26-17-9-8-14(23(24)25)11-16(17)18-7-4-10-28-18/h2-11H,12H2,1H3. The molecule has 7 nitrogen and oxygen atoms in total. The van der Waals surface area contributed by atoms with E-state index in [4.69, 9.17) is 9.26 Å². The number of ether oxygens (including phenoxy) is 1. The molecular formula is C20H15N3O4S. The van der Waals surface area contributed by atoms with Gasteiger partial charge in [-0.1, -0.05) is 35.5 Å². The lowest BCUT2D eigenvalue weighted by Gasteiger charge is -2.08. The number of non-ortho nitro benzene ring substituents is 1. The minimum absolute atomic E-state index is 0.00961. The lowest BCUT2D eigenvalue weighted by atomic mass is 10.1. The summed E-state index contributed by atoms with van der Waals surface area (Å²) >= 11 is 1.48. The van der Waals surface area contributed by atoms with Crippen molar-refractivity contribution in [3.8, 4) is 27.6 Å². The SMILES string of the molecule is Cc1ccccc1-c1noc(COc2ccc([N+](=O)[O-])cc2-c2cccs2)n1. The molecule has 0 atom stereocenters. The monoisotopic (exact) mass is 393 g/mol. The third-order valence-electron chi connectivity index (χ3n) is 4.17. The number of thiophene rings is 1. The number of aromatic nitrogens is 2. The molecule has 0 unspecified atom stereocenters. The highest BCUT2D eigenvalue weighted by molar-refractivity contribution is 7.13. The molecule has 8 heteroatoms. The molecule has 2 aromatic carbocycles. The summed E-state index contributed by atoms with van der Waals surface area (Å²) in [5, 5.41) is 17.0. The number of aryl methyl sites for hydroxylation is 1. The second kappa shape index (κ2) is 7.61. The molecule has 0 bridgehead atoms. The van der Waals surface area contributed by atoms with Crippen LogP contribution in [-0.2, 0) is 6.61 Å². The molecule has 0 saturated heterocycles. The van der Waals surface area contributed by atoms with Gasteiger partial charge in [-0.15, -0.1) is 11.3 Å². The normalized spacial score (nSPS) is 10.8. The van der Waals surface area contributed by atoms with Crippen LogP contribution in [0, 0.1) is 17.0 Å². The van der Waals surface area contributed by atoms with Crippen LogP contribution in [-0.4, -0.2) is 15.1 Å². The van der Waals surface area contributed by atoms with Crippen molar-refractivity contribution in [3.63, 3.8) is 0 Å². The van der Waals surface area contributed by atoms with Gasteiger partial charge in [0.15, 0.2) is 6.61 Å². The lowest BCUT2D eigenvalue weighted by Crippen LogP contribution is -1.98. The molecule has 0 aliphatic carbocycles. The fraction of sp³-hybridized carbons (Fsp3) is 0.100. The fourth-order valence-corrected chi connectivity index (χ4v) is 3.52. The molecule has 0 spiro atoms. The molecule has 2 aromatic heterocycles. The summed E-state index contributed by atoms with van der Waals surface area (Å²) in [6.07, 6.45) is 0. The Hall–Kier alpha value is -3.52. The van der Waals surface area contributed by atoms with E-state index in [1.807, 2.05) is 48.7 Å². The molecule has 0 amide bonds. The molecule has 4 rings (SSSR count). The summed E-state index contributed by atoms with van der Waals surface area (Å²) in [5.74, 6) is 1.34. The molecule has 2 heterocycles. The third kappa shape index (κ3) is 3.63. The van der Waals surface area contributed by atoms with Crippen molar-refractivity contribution < 1.29 is 14.2 Å². The van der Waals surface area contributed by atoms with Gasteiger partial charge in [0.25, 0.3) is 11.6 Å². The molecule has 0 aliphatic heterocycles. The Kier molecular flexibility index (Phi) is 4.86. The van der Waals surface area contributed by atoms with Crippen LogP contribution in [0.5, 0.6) is 5.75 Å². The number of nitrogens with zero attached hydrogens (tertiary/aromatic N) is 3. The van der Waals surface area contributed by atoms with Crippen LogP contribution in [0.1, 0.15) is 11.5 Å². The van der Waals surface area contributed by atoms with Crippen LogP contribution >= 0.6 is 11.3 Å². The highest BCUT2D eigenvalue weighted by Gasteiger charge is 2.16. The van der Waals surface area contributed by atoms with Gasteiger partial charge in [0.05, 0.1) is 4.92 Å². The number of benzene rings is 2. The van der Waals surface area contributed by atoms with Crippen LogP contribution in [0.4, 0.5) is 5.69 Å². The Morgan fingerprint density at radius 2 is 2.00 bits per heavy atom. The Morgan fingerprint density at radius 1 is 1.14 bits per heavy atom. The smallest absolute Gasteiger partial charge is 0.270 e. The number of nitro benzene ring substituents is 1. The van der Waals surface area contributed by atoms with E-state index in [0.717, 1.165) is 16.0 Å². The molecule has 0 N–H and O–H groups in total. The maximum atomic E-state index is 11.1. The summed E-state index contributed by atoms with van der Waals surface area (Å²) in [7, 11) is 0. The van der Waals surface area contributed by atoms with E-state index in [2.05, 4.69) is 10.1 Å². The Morgan fingerprint density at radius 3 is 2.75 bits per heavy atom. The number of rotatable bonds is 6. The second-order valence-electron chi connectivity index (χ2n) is 6.03. The average Bonchev–Trinajstić information content (AvgIpc) is 3.39. The highest BCUT2D eigenvalue weighted by Crippen LogP contribution is 2.36. The fourth-order valence-electron chi connectivity index (χ4n) is 2.77. The lowest BCUT2D eigenvalue weighted by molar-refractivity contribution is -0.384. The van der Waals surface area contributed by atoms with E-state index in [0.29, 0.717) is 23.0 Å². The van der Waals surface area contributed by atoms with Gasteiger partial charge in [-0.05, 0) is 30.0 Å². The predicted molar refractivity (Wildman–Crippen MR) is 105 cm³/mol. The van der Waals surface area contributed by atoms with E-state index in [1.165, 1.54) is 23.5 Å². The second-order valence-corrected chi connectivity index (χ2v) is 6.98. The van der Waals surface area contributed by atoms with Crippen LogP contribution in [0.25, 0.3) is 21.8 Å². The van der Waals surface area contributed by atoms with Crippen molar-refractivity contribution in [1.29, 1.82) is 0 Å². The zero-order valence-electron chi connectivity index (χ0n) is 14.9. The molecule has 0 radical (unpaired) electrons. The van der Waals surface area contributed by atoms with Gasteiger partial charge < -0.3 is 9.26 Å². The molecule has 140 valence electrons. The van der Waals surface area contributed by atoms with Crippen molar-refractivity contribution in [2.24, 2.45) is 0 Å². The largest absolute Gasteiger partial charge is 0.483 e. The van der Waals surface area contributed by atoms with E-state index in [1.54, 1.807) is 6.07 Å². The summed E-state index contributed by atoms with van der Waals surface area (Å²) in [5.41, 5.74) is 2.61. The molecule has 0 fully saturated rings. The van der Waals surface area contributed by atoms with Gasteiger partial charge in [-0.25, -0.2) is 0 Å². The topological polar surface area (TPSA) is 91.3 Å². The molecule has 28 heavy (non-hydrogen) atoms.